The van der Waals surface area contributed by atoms with Crippen LogP contribution in [-0.4, -0.2) is 16.1 Å². The number of imidazole rings is 1. The van der Waals surface area contributed by atoms with E-state index in [0.717, 1.165) is 6.54 Å². The third kappa shape index (κ3) is 2.10. The molecule has 0 saturated carbocycles. The number of nitrogens with one attached hydrogen (secondary N) is 1. The quantitative estimate of drug-likeness (QED) is 0.919. The molecule has 1 unspecified atom stereocenters. The highest BCUT2D eigenvalue weighted by Gasteiger charge is 2.22. The van der Waals surface area contributed by atoms with Gasteiger partial charge in [-0.1, -0.05) is 0 Å². The molecule has 96 valence electrons. The van der Waals surface area contributed by atoms with E-state index in [0.29, 0.717) is 12.1 Å². The van der Waals surface area contributed by atoms with Crippen molar-refractivity contribution in [2.45, 2.75) is 38.8 Å². The SMILES string of the molecule is Cc1ccc(C(C)n2cncc2[C@@H]2CCCN2)s1. The van der Waals surface area contributed by atoms with E-state index in [2.05, 4.69) is 40.8 Å². The molecule has 2 aromatic heterocycles. The Morgan fingerprint density at radius 2 is 2.39 bits per heavy atom. The molecule has 0 bridgehead atoms. The second kappa shape index (κ2) is 4.86. The van der Waals surface area contributed by atoms with Crippen LogP contribution in [0.15, 0.2) is 24.7 Å². The summed E-state index contributed by atoms with van der Waals surface area (Å²) in [6, 6.07) is 5.29. The number of nitrogens with zero attached hydrogens (tertiary/aromatic N) is 2. The molecular weight excluding hydrogens is 242 g/mol. The predicted octanol–water partition coefficient (Wildman–Crippen LogP) is 3.29. The molecule has 1 N–H and O–H groups in total. The maximum Gasteiger partial charge on any atom is 0.0954 e. The predicted molar refractivity (Wildman–Crippen MR) is 75.1 cm³/mol. The average molecular weight is 261 g/mol. The second-order valence-corrected chi connectivity index (χ2v) is 6.32. The van der Waals surface area contributed by atoms with Crippen LogP contribution in [0.4, 0.5) is 0 Å². The zero-order valence-corrected chi connectivity index (χ0v) is 11.7. The number of rotatable bonds is 3. The van der Waals surface area contributed by atoms with E-state index < -0.39 is 0 Å². The number of hydrogen-bond donors (Lipinski definition) is 1. The van der Waals surface area contributed by atoms with Crippen LogP contribution in [0, 0.1) is 6.92 Å². The fraction of sp³-hybridized carbons (Fsp3) is 0.500. The lowest BCUT2D eigenvalue weighted by Gasteiger charge is -2.19. The molecule has 0 aromatic carbocycles. The average Bonchev–Trinajstić information content (AvgIpc) is 3.08. The second-order valence-electron chi connectivity index (χ2n) is 5.00. The molecule has 2 aromatic rings. The molecule has 1 fully saturated rings. The third-order valence-electron chi connectivity index (χ3n) is 3.70. The van der Waals surface area contributed by atoms with Gasteiger partial charge in [0.2, 0.25) is 0 Å². The highest BCUT2D eigenvalue weighted by atomic mass is 32.1. The minimum Gasteiger partial charge on any atom is -0.325 e. The van der Waals surface area contributed by atoms with Crippen molar-refractivity contribution in [2.24, 2.45) is 0 Å². The van der Waals surface area contributed by atoms with Gasteiger partial charge in [-0.3, -0.25) is 0 Å². The maximum absolute atomic E-state index is 4.35. The zero-order chi connectivity index (χ0) is 12.5. The molecule has 4 heteroatoms. The Labute approximate surface area is 112 Å². The van der Waals surface area contributed by atoms with Gasteiger partial charge in [-0.2, -0.15) is 0 Å². The van der Waals surface area contributed by atoms with Gasteiger partial charge in [0.1, 0.15) is 0 Å². The minimum absolute atomic E-state index is 0.378. The molecule has 1 saturated heterocycles. The molecule has 0 amide bonds. The minimum atomic E-state index is 0.378. The summed E-state index contributed by atoms with van der Waals surface area (Å²) in [5, 5.41) is 3.55. The lowest BCUT2D eigenvalue weighted by Crippen LogP contribution is -2.18. The molecule has 1 aliphatic heterocycles. The smallest absolute Gasteiger partial charge is 0.0954 e. The summed E-state index contributed by atoms with van der Waals surface area (Å²) in [5.41, 5.74) is 1.33. The third-order valence-corrected chi connectivity index (χ3v) is 4.87. The standard InChI is InChI=1S/C14H19N3S/c1-10-5-6-14(18-10)11(2)17-9-15-8-13(17)12-4-3-7-16-12/h5-6,8-9,11-12,16H,3-4,7H2,1-2H3/t11?,12-/m0/s1. The topological polar surface area (TPSA) is 29.9 Å². The fourth-order valence-electron chi connectivity index (χ4n) is 2.66. The van der Waals surface area contributed by atoms with Crippen LogP contribution in [0.3, 0.4) is 0 Å². The first kappa shape index (κ1) is 11.9. The molecule has 2 atom stereocenters. The molecule has 1 aliphatic rings. The van der Waals surface area contributed by atoms with Crippen LogP contribution in [-0.2, 0) is 0 Å². The summed E-state index contributed by atoms with van der Waals surface area (Å²) in [4.78, 5) is 7.13. The number of aromatic nitrogens is 2. The monoisotopic (exact) mass is 261 g/mol. The van der Waals surface area contributed by atoms with E-state index in [1.807, 2.05) is 23.9 Å². The van der Waals surface area contributed by atoms with E-state index in [1.54, 1.807) is 0 Å². The largest absolute Gasteiger partial charge is 0.325 e. The normalized spacial score (nSPS) is 21.3. The van der Waals surface area contributed by atoms with Gasteiger partial charge < -0.3 is 9.88 Å². The van der Waals surface area contributed by atoms with Crippen LogP contribution < -0.4 is 5.32 Å². The van der Waals surface area contributed by atoms with Crippen molar-refractivity contribution in [1.82, 2.24) is 14.9 Å². The number of aryl methyl sites for hydroxylation is 1. The highest BCUT2D eigenvalue weighted by molar-refractivity contribution is 7.12. The molecule has 3 rings (SSSR count). The maximum atomic E-state index is 4.35. The van der Waals surface area contributed by atoms with Gasteiger partial charge in [-0.15, -0.1) is 11.3 Å². The molecule has 3 nitrogen and oxygen atoms in total. The summed E-state index contributed by atoms with van der Waals surface area (Å²) >= 11 is 1.88. The summed E-state index contributed by atoms with van der Waals surface area (Å²) < 4.78 is 2.31. The van der Waals surface area contributed by atoms with Crippen molar-refractivity contribution in [3.8, 4) is 0 Å². The van der Waals surface area contributed by atoms with Gasteiger partial charge in [-0.05, 0) is 45.4 Å². The van der Waals surface area contributed by atoms with Gasteiger partial charge in [0.05, 0.1) is 18.1 Å². The van der Waals surface area contributed by atoms with E-state index in [4.69, 9.17) is 0 Å². The van der Waals surface area contributed by atoms with Gasteiger partial charge in [-0.25, -0.2) is 4.98 Å². The van der Waals surface area contributed by atoms with Crippen LogP contribution in [0.2, 0.25) is 0 Å². The van der Waals surface area contributed by atoms with Gasteiger partial charge >= 0.3 is 0 Å². The summed E-state index contributed by atoms with van der Waals surface area (Å²) in [7, 11) is 0. The Balaban J connectivity index is 1.89. The Morgan fingerprint density at radius 1 is 1.50 bits per heavy atom. The van der Waals surface area contributed by atoms with E-state index in [-0.39, 0.29) is 0 Å². The number of thiophene rings is 1. The fourth-order valence-corrected chi connectivity index (χ4v) is 3.59. The van der Waals surface area contributed by atoms with Crippen molar-refractivity contribution < 1.29 is 0 Å². The van der Waals surface area contributed by atoms with E-state index >= 15 is 0 Å². The van der Waals surface area contributed by atoms with Crippen LogP contribution in [0.1, 0.15) is 47.3 Å². The van der Waals surface area contributed by atoms with Crippen molar-refractivity contribution in [3.63, 3.8) is 0 Å². The first-order valence-electron chi connectivity index (χ1n) is 6.57. The Morgan fingerprint density at radius 3 is 3.06 bits per heavy atom. The Hall–Kier alpha value is -1.13. The lowest BCUT2D eigenvalue weighted by atomic mass is 10.1. The van der Waals surface area contributed by atoms with E-state index in [1.165, 1.54) is 28.3 Å². The van der Waals surface area contributed by atoms with Crippen molar-refractivity contribution in [2.75, 3.05) is 6.54 Å². The molecule has 0 radical (unpaired) electrons. The molecule has 0 spiro atoms. The molecule has 0 aliphatic carbocycles. The van der Waals surface area contributed by atoms with Crippen LogP contribution in [0.5, 0.6) is 0 Å². The van der Waals surface area contributed by atoms with Crippen LogP contribution >= 0.6 is 11.3 Å². The summed E-state index contributed by atoms with van der Waals surface area (Å²) in [5.74, 6) is 0. The molecule has 3 heterocycles. The van der Waals surface area contributed by atoms with Gasteiger partial charge in [0.15, 0.2) is 0 Å². The molecular formula is C14H19N3S. The highest BCUT2D eigenvalue weighted by Crippen LogP contribution is 2.30. The van der Waals surface area contributed by atoms with Gasteiger partial charge in [0, 0.05) is 22.0 Å². The first-order valence-corrected chi connectivity index (χ1v) is 7.39. The molecule has 18 heavy (non-hydrogen) atoms. The zero-order valence-electron chi connectivity index (χ0n) is 10.9. The summed E-state index contributed by atoms with van der Waals surface area (Å²) in [6.07, 6.45) is 6.47. The van der Waals surface area contributed by atoms with E-state index in [9.17, 15) is 0 Å². The van der Waals surface area contributed by atoms with Gasteiger partial charge in [0.25, 0.3) is 0 Å². The Kier molecular flexibility index (Phi) is 3.22. The van der Waals surface area contributed by atoms with Crippen molar-refractivity contribution in [3.05, 3.63) is 40.1 Å². The van der Waals surface area contributed by atoms with Crippen molar-refractivity contribution in [1.29, 1.82) is 0 Å². The number of hydrogen-bond acceptors (Lipinski definition) is 3. The first-order chi connectivity index (χ1) is 8.75. The van der Waals surface area contributed by atoms with Crippen molar-refractivity contribution >= 4 is 11.3 Å². The lowest BCUT2D eigenvalue weighted by molar-refractivity contribution is 0.543. The summed E-state index contributed by atoms with van der Waals surface area (Å²) in [6.45, 7) is 5.54. The van der Waals surface area contributed by atoms with Crippen LogP contribution in [0.25, 0.3) is 0 Å². The Bertz CT molecular complexity index is 523.